The fourth-order valence-electron chi connectivity index (χ4n) is 9.73. The molecule has 0 aromatic heterocycles. The summed E-state index contributed by atoms with van der Waals surface area (Å²) >= 11 is 0. The number of hydrogen-bond donors (Lipinski definition) is 7. The van der Waals surface area contributed by atoms with E-state index in [0.29, 0.717) is 43.2 Å². The minimum absolute atomic E-state index is 0.0376. The monoisotopic (exact) mass is 942 g/mol. The summed E-state index contributed by atoms with van der Waals surface area (Å²) in [5.41, 5.74) is 6.80. The highest BCUT2D eigenvalue weighted by Gasteiger charge is 2.45. The minimum atomic E-state index is -1.63. The van der Waals surface area contributed by atoms with Gasteiger partial charge in [-0.2, -0.15) is 0 Å². The van der Waals surface area contributed by atoms with E-state index in [0.717, 1.165) is 0 Å². The van der Waals surface area contributed by atoms with Crippen LogP contribution in [0.2, 0.25) is 0 Å². The standard InChI is InChI=1S/C49H67N9O10/c1-5-29(4)41-49(68)58-23-11-15-38(58)45(64)54-35(24-28(2)3)47(66)56-21-9-14-37(56)44(63)52-33(25-30-12-7-6-8-13-30)42(61)51-34(27-40(50)60)43(62)53-36(26-31-17-19-32(59)20-18-31)48(67)57-22-10-16-39(57)46(65)55-41/h6-8,12-13,17-20,28-29,33-39,41,59H,5,9-11,14-16,21-27H2,1-4H3,(H2,50,60)(H,51,61)(H,52,63)(H,53,62)(H,54,64)(H,55,65)/t29-,33-,34+,35-,36-,37-,38-,39-,41-/m0/s1. The first-order chi connectivity index (χ1) is 32.4. The van der Waals surface area contributed by atoms with E-state index in [2.05, 4.69) is 26.6 Å². The Balaban J connectivity index is 1.41. The molecule has 0 aliphatic carbocycles. The van der Waals surface area contributed by atoms with E-state index in [-0.39, 0.29) is 69.3 Å². The second-order valence-corrected chi connectivity index (χ2v) is 19.0. The smallest absolute Gasteiger partial charge is 0.246 e. The molecule has 4 heterocycles. The number of carbonyl (C=O) groups is 9. The number of nitrogens with zero attached hydrogens (tertiary/aromatic N) is 3. The van der Waals surface area contributed by atoms with Crippen LogP contribution in [0.5, 0.6) is 5.75 Å². The molecule has 0 bridgehead atoms. The van der Waals surface area contributed by atoms with Crippen molar-refractivity contribution in [3.05, 3.63) is 65.7 Å². The Morgan fingerprint density at radius 3 is 1.56 bits per heavy atom. The van der Waals surface area contributed by atoms with Crippen molar-refractivity contribution < 1.29 is 48.3 Å². The van der Waals surface area contributed by atoms with Gasteiger partial charge in [-0.3, -0.25) is 43.2 Å². The highest BCUT2D eigenvalue weighted by Crippen LogP contribution is 2.26. The van der Waals surface area contributed by atoms with E-state index in [1.165, 1.54) is 26.8 Å². The molecule has 0 saturated carbocycles. The first kappa shape index (κ1) is 50.9. The van der Waals surface area contributed by atoms with Crippen LogP contribution in [-0.4, -0.2) is 141 Å². The molecule has 368 valence electrons. The number of hydrogen-bond acceptors (Lipinski definition) is 10. The third kappa shape index (κ3) is 12.5. The van der Waals surface area contributed by atoms with Crippen LogP contribution in [-0.2, 0) is 56.0 Å². The van der Waals surface area contributed by atoms with Crippen molar-refractivity contribution in [2.45, 2.75) is 147 Å². The number of benzene rings is 2. The van der Waals surface area contributed by atoms with E-state index >= 15 is 0 Å². The van der Waals surface area contributed by atoms with Gasteiger partial charge in [-0.15, -0.1) is 0 Å². The number of phenols is 1. The Kier molecular flexibility index (Phi) is 17.2. The van der Waals surface area contributed by atoms with Gasteiger partial charge in [-0.1, -0.05) is 76.6 Å². The van der Waals surface area contributed by atoms with Gasteiger partial charge in [0, 0.05) is 32.5 Å². The van der Waals surface area contributed by atoms with Crippen LogP contribution in [0.4, 0.5) is 0 Å². The molecule has 8 N–H and O–H groups in total. The Morgan fingerprint density at radius 1 is 0.588 bits per heavy atom. The molecular weight excluding hydrogens is 875 g/mol. The number of nitrogens with one attached hydrogen (secondary N) is 5. The van der Waals surface area contributed by atoms with Crippen molar-refractivity contribution in [1.82, 2.24) is 41.3 Å². The van der Waals surface area contributed by atoms with Crippen molar-refractivity contribution in [3.63, 3.8) is 0 Å². The molecule has 2 aromatic carbocycles. The summed E-state index contributed by atoms with van der Waals surface area (Å²) in [4.78, 5) is 132. The summed E-state index contributed by atoms with van der Waals surface area (Å²) < 4.78 is 0. The summed E-state index contributed by atoms with van der Waals surface area (Å²) in [6.45, 7) is 8.05. The zero-order valence-corrected chi connectivity index (χ0v) is 39.4. The van der Waals surface area contributed by atoms with Gasteiger partial charge in [-0.25, -0.2) is 0 Å². The Labute approximate surface area is 397 Å². The second-order valence-electron chi connectivity index (χ2n) is 19.0. The van der Waals surface area contributed by atoms with Gasteiger partial charge >= 0.3 is 0 Å². The number of amides is 9. The highest BCUT2D eigenvalue weighted by atomic mass is 16.3. The zero-order chi connectivity index (χ0) is 49.2. The maximum absolute atomic E-state index is 14.7. The Bertz CT molecular complexity index is 2190. The first-order valence-corrected chi connectivity index (χ1v) is 24.0. The van der Waals surface area contributed by atoms with Crippen molar-refractivity contribution >= 4 is 53.2 Å². The van der Waals surface area contributed by atoms with Gasteiger partial charge in [0.15, 0.2) is 0 Å². The largest absolute Gasteiger partial charge is 0.508 e. The SMILES string of the molecule is CC[C@H](C)[C@@H]1NC(=O)[C@@H]2CCCN2C(=O)[C@H](Cc2ccc(O)cc2)NC(=O)[C@@H](CC(N)=O)NC(=O)[C@H](Cc2ccccc2)NC(=O)[C@@H]2CCCN2C(=O)[C@H](CC(C)C)NC(=O)[C@@H]2CCCN2C1=O. The summed E-state index contributed by atoms with van der Waals surface area (Å²) in [6, 6.07) is 5.27. The molecule has 19 nitrogen and oxygen atoms in total. The van der Waals surface area contributed by atoms with Gasteiger partial charge in [0.1, 0.15) is 54.1 Å². The molecule has 68 heavy (non-hydrogen) atoms. The van der Waals surface area contributed by atoms with Gasteiger partial charge in [-0.05, 0) is 80.0 Å². The number of phenolic OH excluding ortho intramolecular Hbond substituents is 1. The van der Waals surface area contributed by atoms with Crippen LogP contribution in [0.1, 0.15) is 96.6 Å². The molecule has 9 amide bonds. The van der Waals surface area contributed by atoms with Gasteiger partial charge < -0.3 is 52.1 Å². The lowest BCUT2D eigenvalue weighted by molar-refractivity contribution is -0.146. The predicted octanol–water partition coefficient (Wildman–Crippen LogP) is 0.556. The quantitative estimate of drug-likeness (QED) is 0.174. The molecule has 4 fully saturated rings. The van der Waals surface area contributed by atoms with Crippen molar-refractivity contribution in [3.8, 4) is 5.75 Å². The van der Waals surface area contributed by atoms with Crippen LogP contribution in [0.15, 0.2) is 54.6 Å². The van der Waals surface area contributed by atoms with Crippen molar-refractivity contribution in [1.29, 1.82) is 0 Å². The summed E-state index contributed by atoms with van der Waals surface area (Å²) in [5.74, 6) is -6.59. The molecule has 6 rings (SSSR count). The first-order valence-electron chi connectivity index (χ1n) is 24.0. The van der Waals surface area contributed by atoms with Gasteiger partial charge in [0.05, 0.1) is 6.42 Å². The van der Waals surface area contributed by atoms with Crippen molar-refractivity contribution in [2.24, 2.45) is 17.6 Å². The number of carbonyl (C=O) groups excluding carboxylic acids is 9. The third-order valence-corrected chi connectivity index (χ3v) is 13.6. The molecule has 2 aromatic rings. The molecule has 4 saturated heterocycles. The molecule has 4 aliphatic heterocycles. The van der Waals surface area contributed by atoms with Gasteiger partial charge in [0.25, 0.3) is 0 Å². The van der Waals surface area contributed by atoms with E-state index in [1.807, 2.05) is 27.7 Å². The van der Waals surface area contributed by atoms with E-state index in [1.54, 1.807) is 42.5 Å². The normalized spacial score (nSPS) is 27.6. The number of fused-ring (bicyclic) bond motifs is 3. The molecular formula is C49H67N9O10. The zero-order valence-electron chi connectivity index (χ0n) is 39.4. The summed E-state index contributed by atoms with van der Waals surface area (Å²) in [6.07, 6.45) is 2.06. The molecule has 9 atom stereocenters. The third-order valence-electron chi connectivity index (χ3n) is 13.6. The molecule has 0 radical (unpaired) electrons. The summed E-state index contributed by atoms with van der Waals surface area (Å²) in [7, 11) is 0. The number of nitrogens with two attached hydrogens (primary N) is 1. The fraction of sp³-hybridized carbons (Fsp3) is 0.571. The average molecular weight is 942 g/mol. The molecule has 0 spiro atoms. The van der Waals surface area contributed by atoms with E-state index < -0.39 is 108 Å². The van der Waals surface area contributed by atoms with E-state index in [4.69, 9.17) is 5.73 Å². The minimum Gasteiger partial charge on any atom is -0.508 e. The number of primary amides is 1. The highest BCUT2D eigenvalue weighted by molar-refractivity contribution is 6.00. The van der Waals surface area contributed by atoms with Crippen LogP contribution >= 0.6 is 0 Å². The predicted molar refractivity (Wildman–Crippen MR) is 249 cm³/mol. The maximum Gasteiger partial charge on any atom is 0.246 e. The topological polar surface area (TPSA) is 270 Å². The van der Waals surface area contributed by atoms with E-state index in [9.17, 15) is 48.3 Å². The van der Waals surface area contributed by atoms with Crippen LogP contribution in [0.25, 0.3) is 0 Å². The van der Waals surface area contributed by atoms with Crippen LogP contribution in [0, 0.1) is 11.8 Å². The number of rotatable bonds is 10. The van der Waals surface area contributed by atoms with Gasteiger partial charge in [0.2, 0.25) is 53.2 Å². The molecule has 4 aliphatic rings. The van der Waals surface area contributed by atoms with Crippen LogP contribution < -0.4 is 32.3 Å². The molecule has 19 heteroatoms. The average Bonchev–Trinajstić information content (AvgIpc) is 4.12. The lowest BCUT2D eigenvalue weighted by atomic mass is 9.96. The Hall–Kier alpha value is -6.53. The van der Waals surface area contributed by atoms with Crippen LogP contribution in [0.3, 0.4) is 0 Å². The number of aromatic hydroxyl groups is 1. The maximum atomic E-state index is 14.7. The fourth-order valence-corrected chi connectivity index (χ4v) is 9.73. The Morgan fingerprint density at radius 2 is 1.03 bits per heavy atom. The van der Waals surface area contributed by atoms with Crippen molar-refractivity contribution in [2.75, 3.05) is 19.6 Å². The summed E-state index contributed by atoms with van der Waals surface area (Å²) in [5, 5.41) is 24.0. The molecule has 0 unspecified atom stereocenters. The lowest BCUT2D eigenvalue weighted by Gasteiger charge is -2.35. The lowest BCUT2D eigenvalue weighted by Crippen LogP contribution is -2.62. The second kappa shape index (κ2) is 23.0.